The predicted molar refractivity (Wildman–Crippen MR) is 52.5 cm³/mol. The van der Waals surface area contributed by atoms with Gasteiger partial charge in [0.05, 0.1) is 13.0 Å². The molecule has 0 heterocycles. The molecule has 1 unspecified atom stereocenters. The van der Waals surface area contributed by atoms with Crippen molar-refractivity contribution < 1.29 is 14.3 Å². The van der Waals surface area contributed by atoms with Crippen molar-refractivity contribution in [2.75, 3.05) is 27.2 Å². The van der Waals surface area contributed by atoms with E-state index in [4.69, 9.17) is 5.73 Å². The zero-order chi connectivity index (χ0) is 11.1. The average Bonchev–Trinajstić information content (AvgIpc) is 2.16. The first-order chi connectivity index (χ1) is 6.52. The maximum absolute atomic E-state index is 11.3. The van der Waals surface area contributed by atoms with Gasteiger partial charge in [0, 0.05) is 26.6 Å². The summed E-state index contributed by atoms with van der Waals surface area (Å²) in [4.78, 5) is 23.8. The van der Waals surface area contributed by atoms with E-state index in [1.54, 1.807) is 14.0 Å². The summed E-state index contributed by atoms with van der Waals surface area (Å²) in [5.41, 5.74) is 5.24. The summed E-state index contributed by atoms with van der Waals surface area (Å²) in [5.74, 6) is -0.660. The van der Waals surface area contributed by atoms with Gasteiger partial charge in [-0.15, -0.1) is 0 Å². The van der Waals surface area contributed by atoms with Gasteiger partial charge in [0.2, 0.25) is 5.91 Å². The monoisotopic (exact) mass is 202 g/mol. The zero-order valence-electron chi connectivity index (χ0n) is 8.95. The maximum atomic E-state index is 11.3. The van der Waals surface area contributed by atoms with E-state index in [9.17, 15) is 9.59 Å². The molecule has 0 bridgehead atoms. The van der Waals surface area contributed by atoms with Crippen LogP contribution in [0.5, 0.6) is 0 Å². The fourth-order valence-electron chi connectivity index (χ4n) is 1.10. The Morgan fingerprint density at radius 2 is 2.07 bits per heavy atom. The molecule has 82 valence electrons. The number of esters is 1. The molecule has 5 heteroatoms. The zero-order valence-corrected chi connectivity index (χ0v) is 8.95. The largest absolute Gasteiger partial charge is 0.469 e. The molecule has 0 rings (SSSR count). The summed E-state index contributed by atoms with van der Waals surface area (Å²) in [6.07, 6.45) is 0.310. The number of hydrogen-bond acceptors (Lipinski definition) is 4. The minimum atomic E-state index is -0.308. The van der Waals surface area contributed by atoms with Crippen LogP contribution in [0.15, 0.2) is 0 Å². The number of nitrogens with zero attached hydrogens (tertiary/aromatic N) is 1. The molecular weight excluding hydrogens is 184 g/mol. The first-order valence-corrected chi connectivity index (χ1v) is 4.54. The van der Waals surface area contributed by atoms with E-state index >= 15 is 0 Å². The van der Waals surface area contributed by atoms with Crippen LogP contribution in [-0.2, 0) is 14.3 Å². The molecule has 0 saturated carbocycles. The van der Waals surface area contributed by atoms with E-state index in [0.29, 0.717) is 19.5 Å². The molecule has 0 aromatic rings. The van der Waals surface area contributed by atoms with Crippen molar-refractivity contribution in [1.82, 2.24) is 4.90 Å². The molecule has 0 aliphatic heterocycles. The van der Waals surface area contributed by atoms with Crippen LogP contribution >= 0.6 is 0 Å². The molecule has 0 aliphatic rings. The first kappa shape index (κ1) is 12.9. The van der Waals surface area contributed by atoms with E-state index in [-0.39, 0.29) is 17.8 Å². The second-order valence-corrected chi connectivity index (χ2v) is 3.24. The van der Waals surface area contributed by atoms with Crippen LogP contribution in [0.1, 0.15) is 13.3 Å². The summed E-state index contributed by atoms with van der Waals surface area (Å²) in [6, 6.07) is 0. The number of ether oxygens (including phenoxy) is 1. The van der Waals surface area contributed by atoms with E-state index < -0.39 is 0 Å². The molecule has 0 fully saturated rings. The summed E-state index contributed by atoms with van der Waals surface area (Å²) >= 11 is 0. The highest BCUT2D eigenvalue weighted by molar-refractivity contribution is 5.77. The summed E-state index contributed by atoms with van der Waals surface area (Å²) in [7, 11) is 2.98. The van der Waals surface area contributed by atoms with Gasteiger partial charge in [-0.1, -0.05) is 6.92 Å². The number of rotatable bonds is 5. The van der Waals surface area contributed by atoms with Crippen molar-refractivity contribution in [2.24, 2.45) is 11.7 Å². The van der Waals surface area contributed by atoms with Crippen molar-refractivity contribution in [3.63, 3.8) is 0 Å². The van der Waals surface area contributed by atoms with Crippen molar-refractivity contribution in [3.8, 4) is 0 Å². The van der Waals surface area contributed by atoms with E-state index in [1.165, 1.54) is 12.0 Å². The third-order valence-electron chi connectivity index (χ3n) is 1.94. The topological polar surface area (TPSA) is 72.6 Å². The normalized spacial score (nSPS) is 12.0. The molecule has 0 spiro atoms. The molecule has 0 radical (unpaired) electrons. The van der Waals surface area contributed by atoms with Gasteiger partial charge >= 0.3 is 5.97 Å². The Labute approximate surface area is 84.2 Å². The number of amides is 1. The van der Waals surface area contributed by atoms with Crippen molar-refractivity contribution >= 4 is 11.9 Å². The SMILES string of the molecule is COC(=O)C(C)CN(C)C(=O)CCN. The number of hydrogen-bond donors (Lipinski definition) is 1. The molecule has 14 heavy (non-hydrogen) atoms. The molecule has 0 aliphatic carbocycles. The van der Waals surface area contributed by atoms with Crippen LogP contribution in [0.4, 0.5) is 0 Å². The molecule has 1 amide bonds. The second kappa shape index (κ2) is 6.37. The van der Waals surface area contributed by atoms with Gasteiger partial charge in [-0.25, -0.2) is 0 Å². The molecule has 0 saturated heterocycles. The van der Waals surface area contributed by atoms with Gasteiger partial charge in [-0.05, 0) is 0 Å². The molecule has 1 atom stereocenters. The molecule has 5 nitrogen and oxygen atoms in total. The van der Waals surface area contributed by atoms with Crippen LogP contribution in [-0.4, -0.2) is 44.0 Å². The summed E-state index contributed by atoms with van der Waals surface area (Å²) < 4.78 is 4.55. The molecular formula is C9H18N2O3. The van der Waals surface area contributed by atoms with Gasteiger partial charge in [-0.3, -0.25) is 9.59 Å². The highest BCUT2D eigenvalue weighted by Gasteiger charge is 2.17. The lowest BCUT2D eigenvalue weighted by Crippen LogP contribution is -2.35. The van der Waals surface area contributed by atoms with Crippen molar-refractivity contribution in [2.45, 2.75) is 13.3 Å². The van der Waals surface area contributed by atoms with Gasteiger partial charge in [0.15, 0.2) is 0 Å². The van der Waals surface area contributed by atoms with Gasteiger partial charge < -0.3 is 15.4 Å². The minimum Gasteiger partial charge on any atom is -0.469 e. The number of carbonyl (C=O) groups excluding carboxylic acids is 2. The van der Waals surface area contributed by atoms with E-state index in [1.807, 2.05) is 0 Å². The third kappa shape index (κ3) is 4.23. The lowest BCUT2D eigenvalue weighted by Gasteiger charge is -2.19. The minimum absolute atomic E-state index is 0.0525. The Morgan fingerprint density at radius 3 is 2.50 bits per heavy atom. The fourth-order valence-corrected chi connectivity index (χ4v) is 1.10. The Morgan fingerprint density at radius 1 is 1.50 bits per heavy atom. The highest BCUT2D eigenvalue weighted by atomic mass is 16.5. The Balaban J connectivity index is 3.98. The first-order valence-electron chi connectivity index (χ1n) is 4.54. The quantitative estimate of drug-likeness (QED) is 0.616. The van der Waals surface area contributed by atoms with Crippen LogP contribution < -0.4 is 5.73 Å². The van der Waals surface area contributed by atoms with Gasteiger partial charge in [0.1, 0.15) is 0 Å². The Hall–Kier alpha value is -1.10. The van der Waals surface area contributed by atoms with Gasteiger partial charge in [-0.2, -0.15) is 0 Å². The second-order valence-electron chi connectivity index (χ2n) is 3.24. The average molecular weight is 202 g/mol. The number of carbonyl (C=O) groups is 2. The van der Waals surface area contributed by atoms with Crippen LogP contribution in [0, 0.1) is 5.92 Å². The van der Waals surface area contributed by atoms with Crippen molar-refractivity contribution in [1.29, 1.82) is 0 Å². The highest BCUT2D eigenvalue weighted by Crippen LogP contribution is 2.01. The van der Waals surface area contributed by atoms with E-state index in [2.05, 4.69) is 4.74 Å². The molecule has 0 aromatic heterocycles. The van der Waals surface area contributed by atoms with Crippen LogP contribution in [0.3, 0.4) is 0 Å². The van der Waals surface area contributed by atoms with Crippen molar-refractivity contribution in [3.05, 3.63) is 0 Å². The lowest BCUT2D eigenvalue weighted by molar-refractivity contribution is -0.146. The standard InChI is InChI=1S/C9H18N2O3/c1-7(9(13)14-3)6-11(2)8(12)4-5-10/h7H,4-6,10H2,1-3H3. The fraction of sp³-hybridized carbons (Fsp3) is 0.778. The Kier molecular flexibility index (Phi) is 5.87. The smallest absolute Gasteiger partial charge is 0.310 e. The number of methoxy groups -OCH3 is 1. The number of nitrogens with two attached hydrogens (primary N) is 1. The molecule has 0 aromatic carbocycles. The van der Waals surface area contributed by atoms with Crippen LogP contribution in [0.25, 0.3) is 0 Å². The predicted octanol–water partition coefficient (Wildman–Crippen LogP) is -0.397. The summed E-state index contributed by atoms with van der Waals surface area (Å²) in [6.45, 7) is 2.42. The maximum Gasteiger partial charge on any atom is 0.310 e. The molecule has 2 N–H and O–H groups in total. The van der Waals surface area contributed by atoms with Gasteiger partial charge in [0.25, 0.3) is 0 Å². The van der Waals surface area contributed by atoms with E-state index in [0.717, 1.165) is 0 Å². The Bertz CT molecular complexity index is 206. The van der Waals surface area contributed by atoms with Crippen LogP contribution in [0.2, 0.25) is 0 Å². The lowest BCUT2D eigenvalue weighted by atomic mass is 10.1. The third-order valence-corrected chi connectivity index (χ3v) is 1.94. The summed E-state index contributed by atoms with van der Waals surface area (Å²) in [5, 5.41) is 0.